The molecule has 5 saturated carbocycles. The van der Waals surface area contributed by atoms with E-state index in [-0.39, 0.29) is 70.2 Å². The number of amides is 1. The first-order valence-electron chi connectivity index (χ1n) is 20.8. The highest BCUT2D eigenvalue weighted by molar-refractivity contribution is 6.00. The molecule has 3 N–H and O–H groups in total. The van der Waals surface area contributed by atoms with Crippen LogP contribution in [0.25, 0.3) is 0 Å². The number of aliphatic carboxylic acids is 1. The molecule has 0 radical (unpaired) electrons. The summed E-state index contributed by atoms with van der Waals surface area (Å²) in [6, 6.07) is 0. The van der Waals surface area contributed by atoms with E-state index in [0.29, 0.717) is 18.3 Å². The highest BCUT2D eigenvalue weighted by Crippen LogP contribution is 2.77. The summed E-state index contributed by atoms with van der Waals surface area (Å²) in [4.78, 5) is 52.0. The summed E-state index contributed by atoms with van der Waals surface area (Å²) in [5.74, 6) is -0.0352. The first kappa shape index (κ1) is 39.5. The van der Waals surface area contributed by atoms with Crippen molar-refractivity contribution < 1.29 is 34.1 Å². The van der Waals surface area contributed by atoms with Crippen LogP contribution >= 0.6 is 0 Å². The third-order valence-electron chi connectivity index (χ3n) is 16.9. The fourth-order valence-corrected chi connectivity index (χ4v) is 13.8. The molecule has 1 amide bonds. The molecule has 1 unspecified atom stereocenters. The van der Waals surface area contributed by atoms with Crippen LogP contribution in [0, 0.1) is 62.1 Å². The number of nitrogens with one attached hydrogen (secondary N) is 1. The predicted octanol–water partition coefficient (Wildman–Crippen LogP) is 8.44. The predicted molar refractivity (Wildman–Crippen MR) is 201 cm³/mol. The summed E-state index contributed by atoms with van der Waals surface area (Å²) >= 11 is 0. The van der Waals surface area contributed by atoms with Crippen molar-refractivity contribution in [3.63, 3.8) is 0 Å². The molecule has 0 aromatic rings. The Morgan fingerprint density at radius 3 is 2.17 bits per heavy atom. The Bertz CT molecular complexity index is 1490. The van der Waals surface area contributed by atoms with Crippen LogP contribution in [0.1, 0.15) is 159 Å². The standard InChI is InChI=1S/C44H69NO7/c1-26(2)35-29(46)23-44(32(47)25-45-37(49)27-13-11-10-12-14-27)22-21-42(8)28(36(35)44)15-16-31-41(7)19-18-33(52-34(48)24-39(3,4)38(50)51)40(5,6)30(41)17-20-43(31,42)9/h26-28,30-33,47H,10-25H2,1-9H3,(H,45,49)(H,50,51)/t28-,30?,31-,32-,33+,41+,42-,43-,44+/m1/s1. The number of carboxylic acids is 1. The van der Waals surface area contributed by atoms with Gasteiger partial charge in [-0.25, -0.2) is 0 Å². The molecule has 6 aliphatic carbocycles. The molecule has 52 heavy (non-hydrogen) atoms. The van der Waals surface area contributed by atoms with Gasteiger partial charge in [0.05, 0.1) is 17.9 Å². The van der Waals surface area contributed by atoms with Crippen molar-refractivity contribution in [2.75, 3.05) is 6.54 Å². The van der Waals surface area contributed by atoms with E-state index < -0.39 is 28.9 Å². The van der Waals surface area contributed by atoms with Crippen LogP contribution in [0.15, 0.2) is 11.1 Å². The largest absolute Gasteiger partial charge is 0.481 e. The zero-order valence-electron chi connectivity index (χ0n) is 33.8. The van der Waals surface area contributed by atoms with E-state index >= 15 is 0 Å². The van der Waals surface area contributed by atoms with E-state index in [1.54, 1.807) is 13.8 Å². The first-order chi connectivity index (χ1) is 24.2. The monoisotopic (exact) mass is 724 g/mol. The van der Waals surface area contributed by atoms with Gasteiger partial charge in [0.15, 0.2) is 5.78 Å². The molecule has 8 nitrogen and oxygen atoms in total. The molecule has 292 valence electrons. The smallest absolute Gasteiger partial charge is 0.309 e. The zero-order valence-corrected chi connectivity index (χ0v) is 33.8. The topological polar surface area (TPSA) is 130 Å². The molecule has 6 aliphatic rings. The number of aliphatic hydroxyl groups excluding tert-OH is 1. The molecular weight excluding hydrogens is 654 g/mol. The highest BCUT2D eigenvalue weighted by atomic mass is 16.5. The van der Waals surface area contributed by atoms with Gasteiger partial charge in [-0.1, -0.05) is 73.3 Å². The van der Waals surface area contributed by atoms with E-state index in [1.165, 1.54) is 12.0 Å². The summed E-state index contributed by atoms with van der Waals surface area (Å²) in [6.07, 6.45) is 11.9. The van der Waals surface area contributed by atoms with Crippen LogP contribution in [-0.2, 0) is 23.9 Å². The van der Waals surface area contributed by atoms with Crippen molar-refractivity contribution in [2.45, 2.75) is 171 Å². The molecule has 8 heteroatoms. The normalized spacial score (nSPS) is 39.6. The zero-order chi connectivity index (χ0) is 38.2. The maximum Gasteiger partial charge on any atom is 0.309 e. The molecule has 0 bridgehead atoms. The fourth-order valence-electron chi connectivity index (χ4n) is 13.8. The Hall–Kier alpha value is -2.22. The van der Waals surface area contributed by atoms with Crippen molar-refractivity contribution in [2.24, 2.45) is 62.1 Å². The van der Waals surface area contributed by atoms with Crippen molar-refractivity contribution in [1.29, 1.82) is 0 Å². The molecule has 0 heterocycles. The molecule has 9 atom stereocenters. The Kier molecular flexibility index (Phi) is 10.3. The lowest BCUT2D eigenvalue weighted by molar-refractivity contribution is -0.235. The van der Waals surface area contributed by atoms with Gasteiger partial charge in [-0.15, -0.1) is 0 Å². The SMILES string of the molecule is CC(C)C1=C2[C@H]3CC[C@@H]4[C@@]5(C)CC[C@H](OC(=O)CC(C)(C)C(=O)O)C(C)(C)C5CC[C@@]4(C)[C@]3(C)CC[C@@]2([C@H](O)CNC(=O)C2CCCCC2)CC1=O. The Morgan fingerprint density at radius 1 is 0.865 bits per heavy atom. The number of allylic oxidation sites excluding steroid dienone is 1. The number of Topliss-reactive ketones (excluding diaryl/α,β-unsaturated/α-hetero) is 1. The number of carbonyl (C=O) groups is 4. The van der Waals surface area contributed by atoms with Gasteiger partial charge in [0.25, 0.3) is 0 Å². The van der Waals surface area contributed by atoms with E-state index in [0.717, 1.165) is 82.6 Å². The van der Waals surface area contributed by atoms with Gasteiger partial charge in [0.1, 0.15) is 6.10 Å². The van der Waals surface area contributed by atoms with Crippen LogP contribution in [0.2, 0.25) is 0 Å². The maximum absolute atomic E-state index is 14.0. The second-order valence-corrected chi connectivity index (χ2v) is 20.7. The summed E-state index contributed by atoms with van der Waals surface area (Å²) in [5.41, 5.74) is 0.159. The molecular formula is C44H69NO7. The van der Waals surface area contributed by atoms with Crippen molar-refractivity contribution >= 4 is 23.6 Å². The summed E-state index contributed by atoms with van der Waals surface area (Å²) < 4.78 is 6.16. The summed E-state index contributed by atoms with van der Waals surface area (Å²) in [7, 11) is 0. The number of fused-ring (bicyclic) bond motifs is 7. The van der Waals surface area contributed by atoms with Crippen LogP contribution in [0.4, 0.5) is 0 Å². The lowest BCUT2D eigenvalue weighted by Gasteiger charge is -2.72. The van der Waals surface area contributed by atoms with Gasteiger partial charge < -0.3 is 20.3 Å². The summed E-state index contributed by atoms with van der Waals surface area (Å²) in [6.45, 7) is 19.7. The highest BCUT2D eigenvalue weighted by Gasteiger charge is 2.70. The lowest BCUT2D eigenvalue weighted by Crippen LogP contribution is -2.66. The van der Waals surface area contributed by atoms with E-state index in [2.05, 4.69) is 53.8 Å². The Morgan fingerprint density at radius 2 is 1.54 bits per heavy atom. The van der Waals surface area contributed by atoms with Crippen LogP contribution < -0.4 is 5.32 Å². The molecule has 0 aliphatic heterocycles. The van der Waals surface area contributed by atoms with Gasteiger partial charge in [-0.3, -0.25) is 19.2 Å². The van der Waals surface area contributed by atoms with Gasteiger partial charge in [0, 0.05) is 29.7 Å². The molecule has 0 saturated heterocycles. The van der Waals surface area contributed by atoms with Gasteiger partial charge in [0.2, 0.25) is 5.91 Å². The van der Waals surface area contributed by atoms with Gasteiger partial charge >= 0.3 is 11.9 Å². The molecule has 0 spiro atoms. The second-order valence-electron chi connectivity index (χ2n) is 20.7. The van der Waals surface area contributed by atoms with Crippen molar-refractivity contribution in [1.82, 2.24) is 5.32 Å². The molecule has 0 aromatic heterocycles. The van der Waals surface area contributed by atoms with Gasteiger partial charge in [-0.2, -0.15) is 0 Å². The molecule has 0 aromatic carbocycles. The lowest BCUT2D eigenvalue weighted by atomic mass is 9.33. The molecule has 6 rings (SSSR count). The Balaban J connectivity index is 1.26. The van der Waals surface area contributed by atoms with Gasteiger partial charge in [-0.05, 0) is 124 Å². The van der Waals surface area contributed by atoms with Crippen LogP contribution in [0.3, 0.4) is 0 Å². The number of ether oxygens (including phenoxy) is 1. The average molecular weight is 724 g/mol. The summed E-state index contributed by atoms with van der Waals surface area (Å²) in [5, 5.41) is 24.9. The van der Waals surface area contributed by atoms with E-state index in [1.807, 2.05) is 0 Å². The number of carbonyl (C=O) groups excluding carboxylic acids is 3. The van der Waals surface area contributed by atoms with Crippen LogP contribution in [-0.4, -0.2) is 52.6 Å². The fraction of sp³-hybridized carbons (Fsp3) is 0.864. The maximum atomic E-state index is 14.0. The number of rotatable bonds is 9. The van der Waals surface area contributed by atoms with Crippen LogP contribution in [0.5, 0.6) is 0 Å². The number of hydrogen-bond donors (Lipinski definition) is 3. The second kappa shape index (κ2) is 13.5. The Labute approximate surface area is 313 Å². The third kappa shape index (κ3) is 6.02. The first-order valence-corrected chi connectivity index (χ1v) is 20.8. The number of carboxylic acid groups (broad SMARTS) is 1. The number of aliphatic hydroxyl groups is 1. The van der Waals surface area contributed by atoms with E-state index in [4.69, 9.17) is 4.74 Å². The third-order valence-corrected chi connectivity index (χ3v) is 16.9. The minimum absolute atomic E-state index is 0.0271. The quantitative estimate of drug-likeness (QED) is 0.204. The van der Waals surface area contributed by atoms with Crippen molar-refractivity contribution in [3.05, 3.63) is 11.1 Å². The number of hydrogen-bond acceptors (Lipinski definition) is 6. The molecule has 5 fully saturated rings. The minimum atomic E-state index is -1.17. The number of ketones is 1. The average Bonchev–Trinajstić information content (AvgIpc) is 3.38. The number of esters is 1. The van der Waals surface area contributed by atoms with E-state index in [9.17, 15) is 29.4 Å². The van der Waals surface area contributed by atoms with Crippen molar-refractivity contribution in [3.8, 4) is 0 Å². The minimum Gasteiger partial charge on any atom is -0.481 e.